The SMILES string of the molecule is Cc1cccc(NC(=O)NCC2CCC(Nc3nc(N(C)C)c4ccccc4n3)CC2)c1. The molecule has 3 N–H and O–H groups in total. The number of rotatable bonds is 6. The van der Waals surface area contributed by atoms with Gasteiger partial charge in [0.05, 0.1) is 5.52 Å². The molecule has 4 rings (SSSR count). The third-order valence-electron chi connectivity index (χ3n) is 6.01. The molecule has 1 saturated carbocycles. The van der Waals surface area contributed by atoms with E-state index in [0.29, 0.717) is 24.5 Å². The number of aryl methyl sites for hydroxylation is 1. The van der Waals surface area contributed by atoms with Gasteiger partial charge in [0.25, 0.3) is 0 Å². The summed E-state index contributed by atoms with van der Waals surface area (Å²) >= 11 is 0. The van der Waals surface area contributed by atoms with Gasteiger partial charge in [-0.15, -0.1) is 0 Å². The minimum absolute atomic E-state index is 0.142. The van der Waals surface area contributed by atoms with Crippen molar-refractivity contribution >= 4 is 34.4 Å². The summed E-state index contributed by atoms with van der Waals surface area (Å²) in [4.78, 5) is 23.7. The second-order valence-corrected chi connectivity index (χ2v) is 8.85. The molecule has 2 amide bonds. The molecule has 0 bridgehead atoms. The van der Waals surface area contributed by atoms with Crippen LogP contribution in [-0.2, 0) is 0 Å². The number of para-hydroxylation sites is 1. The number of urea groups is 1. The van der Waals surface area contributed by atoms with Crippen molar-refractivity contribution in [2.45, 2.75) is 38.6 Å². The molecule has 0 atom stereocenters. The minimum atomic E-state index is -0.142. The zero-order chi connectivity index (χ0) is 22.5. The summed E-state index contributed by atoms with van der Waals surface area (Å²) in [6.07, 6.45) is 4.21. The van der Waals surface area contributed by atoms with E-state index in [0.717, 1.165) is 53.7 Å². The van der Waals surface area contributed by atoms with Gasteiger partial charge in [0.1, 0.15) is 5.82 Å². The Morgan fingerprint density at radius 3 is 2.56 bits per heavy atom. The average Bonchev–Trinajstić information content (AvgIpc) is 2.78. The molecule has 3 aromatic rings. The molecule has 1 fully saturated rings. The van der Waals surface area contributed by atoms with Gasteiger partial charge in [0, 0.05) is 37.8 Å². The molecule has 1 heterocycles. The molecule has 0 spiro atoms. The maximum Gasteiger partial charge on any atom is 0.319 e. The van der Waals surface area contributed by atoms with Gasteiger partial charge >= 0.3 is 6.03 Å². The third kappa shape index (κ3) is 5.46. The number of hydrogen-bond donors (Lipinski definition) is 3. The van der Waals surface area contributed by atoms with Crippen LogP contribution in [0.3, 0.4) is 0 Å². The Morgan fingerprint density at radius 1 is 1.03 bits per heavy atom. The second kappa shape index (κ2) is 9.85. The smallest absolute Gasteiger partial charge is 0.319 e. The van der Waals surface area contributed by atoms with Crippen LogP contribution in [-0.4, -0.2) is 42.7 Å². The van der Waals surface area contributed by atoms with Gasteiger partial charge in [0.2, 0.25) is 5.95 Å². The third-order valence-corrected chi connectivity index (χ3v) is 6.01. The van der Waals surface area contributed by atoms with Crippen LogP contribution in [0.4, 0.5) is 22.2 Å². The number of anilines is 3. The zero-order valence-electron chi connectivity index (χ0n) is 19.1. The number of hydrogen-bond acceptors (Lipinski definition) is 5. The summed E-state index contributed by atoms with van der Waals surface area (Å²) < 4.78 is 0. The molecule has 7 heteroatoms. The molecule has 0 radical (unpaired) electrons. The molecule has 1 aliphatic rings. The molecule has 0 aliphatic heterocycles. The Hall–Kier alpha value is -3.35. The summed E-state index contributed by atoms with van der Waals surface area (Å²) in [7, 11) is 4.01. The van der Waals surface area contributed by atoms with Gasteiger partial charge in [-0.3, -0.25) is 0 Å². The molecule has 7 nitrogen and oxygen atoms in total. The molecular formula is C25H32N6O. The van der Waals surface area contributed by atoms with E-state index in [2.05, 4.69) is 22.0 Å². The fourth-order valence-corrected chi connectivity index (χ4v) is 4.29. The van der Waals surface area contributed by atoms with Gasteiger partial charge < -0.3 is 20.9 Å². The lowest BCUT2D eigenvalue weighted by molar-refractivity contribution is 0.246. The molecule has 1 aliphatic carbocycles. The van der Waals surface area contributed by atoms with Crippen LogP contribution in [0.5, 0.6) is 0 Å². The van der Waals surface area contributed by atoms with E-state index in [4.69, 9.17) is 9.97 Å². The molecule has 1 aromatic heterocycles. The van der Waals surface area contributed by atoms with Crippen LogP contribution in [0.1, 0.15) is 31.2 Å². The number of carbonyl (C=O) groups excluding carboxylic acids is 1. The first-order valence-electron chi connectivity index (χ1n) is 11.3. The molecule has 168 valence electrons. The lowest BCUT2D eigenvalue weighted by Crippen LogP contribution is -2.36. The van der Waals surface area contributed by atoms with Crippen molar-refractivity contribution in [2.24, 2.45) is 5.92 Å². The summed E-state index contributed by atoms with van der Waals surface area (Å²) in [5, 5.41) is 10.5. The topological polar surface area (TPSA) is 82.2 Å². The van der Waals surface area contributed by atoms with E-state index < -0.39 is 0 Å². The van der Waals surface area contributed by atoms with Gasteiger partial charge in [0.15, 0.2) is 0 Å². The second-order valence-electron chi connectivity index (χ2n) is 8.85. The Labute approximate surface area is 189 Å². The molecule has 0 unspecified atom stereocenters. The Morgan fingerprint density at radius 2 is 1.81 bits per heavy atom. The van der Waals surface area contributed by atoms with Gasteiger partial charge in [-0.05, 0) is 68.4 Å². The zero-order valence-corrected chi connectivity index (χ0v) is 19.1. The minimum Gasteiger partial charge on any atom is -0.362 e. The van der Waals surface area contributed by atoms with Gasteiger partial charge in [-0.25, -0.2) is 9.78 Å². The number of nitrogens with zero attached hydrogens (tertiary/aromatic N) is 3. The first-order valence-corrected chi connectivity index (χ1v) is 11.3. The van der Waals surface area contributed by atoms with E-state index >= 15 is 0 Å². The molecule has 0 saturated heterocycles. The van der Waals surface area contributed by atoms with Crippen molar-refractivity contribution in [3.63, 3.8) is 0 Å². The maximum atomic E-state index is 12.2. The summed E-state index contributed by atoms with van der Waals surface area (Å²) in [5.74, 6) is 2.10. The van der Waals surface area contributed by atoms with Crippen molar-refractivity contribution in [1.29, 1.82) is 0 Å². The number of nitrogens with one attached hydrogen (secondary N) is 3. The van der Waals surface area contributed by atoms with Crippen LogP contribution in [0.15, 0.2) is 48.5 Å². The van der Waals surface area contributed by atoms with Crippen molar-refractivity contribution in [3.05, 3.63) is 54.1 Å². The van der Waals surface area contributed by atoms with E-state index in [1.54, 1.807) is 0 Å². The van der Waals surface area contributed by atoms with Crippen molar-refractivity contribution in [2.75, 3.05) is 36.2 Å². The highest BCUT2D eigenvalue weighted by Crippen LogP contribution is 2.28. The standard InChI is InChI=1S/C25H32N6O/c1-17-7-6-8-20(15-17)28-25(32)26-16-18-11-13-19(14-12-18)27-24-29-22-10-5-4-9-21(22)23(30-24)31(2)3/h4-10,15,18-19H,11-14,16H2,1-3H3,(H2,26,28,32)(H,27,29,30). The lowest BCUT2D eigenvalue weighted by Gasteiger charge is -2.29. The normalized spacial score (nSPS) is 18.2. The highest BCUT2D eigenvalue weighted by molar-refractivity contribution is 5.90. The monoisotopic (exact) mass is 432 g/mol. The number of carbonyl (C=O) groups is 1. The fourth-order valence-electron chi connectivity index (χ4n) is 4.29. The van der Waals surface area contributed by atoms with Crippen LogP contribution in [0.2, 0.25) is 0 Å². The average molecular weight is 433 g/mol. The summed E-state index contributed by atoms with van der Waals surface area (Å²) in [6.45, 7) is 2.71. The fraction of sp³-hybridized carbons (Fsp3) is 0.400. The quantitative estimate of drug-likeness (QED) is 0.521. The van der Waals surface area contributed by atoms with Crippen LogP contribution >= 0.6 is 0 Å². The molecule has 32 heavy (non-hydrogen) atoms. The lowest BCUT2D eigenvalue weighted by atomic mass is 9.86. The largest absolute Gasteiger partial charge is 0.362 e. The number of benzene rings is 2. The Bertz CT molecular complexity index is 1070. The predicted molar refractivity (Wildman–Crippen MR) is 131 cm³/mol. The van der Waals surface area contributed by atoms with Crippen LogP contribution in [0.25, 0.3) is 10.9 Å². The van der Waals surface area contributed by atoms with E-state index in [-0.39, 0.29) is 6.03 Å². The maximum absolute atomic E-state index is 12.2. The Kier molecular flexibility index (Phi) is 6.73. The highest BCUT2D eigenvalue weighted by Gasteiger charge is 2.22. The number of amides is 2. The summed E-state index contributed by atoms with van der Waals surface area (Å²) in [5.41, 5.74) is 2.90. The van der Waals surface area contributed by atoms with E-state index in [1.165, 1.54) is 0 Å². The molecule has 2 aromatic carbocycles. The van der Waals surface area contributed by atoms with E-state index in [9.17, 15) is 4.79 Å². The van der Waals surface area contributed by atoms with Crippen molar-refractivity contribution in [3.8, 4) is 0 Å². The first kappa shape index (κ1) is 21.9. The van der Waals surface area contributed by atoms with Crippen LogP contribution in [0, 0.1) is 12.8 Å². The van der Waals surface area contributed by atoms with Crippen molar-refractivity contribution in [1.82, 2.24) is 15.3 Å². The Balaban J connectivity index is 1.27. The van der Waals surface area contributed by atoms with Gasteiger partial charge in [-0.1, -0.05) is 24.3 Å². The number of fused-ring (bicyclic) bond motifs is 1. The van der Waals surface area contributed by atoms with Crippen molar-refractivity contribution < 1.29 is 4.79 Å². The van der Waals surface area contributed by atoms with Gasteiger partial charge in [-0.2, -0.15) is 4.98 Å². The predicted octanol–water partition coefficient (Wildman–Crippen LogP) is 4.80. The van der Waals surface area contributed by atoms with E-state index in [1.807, 2.05) is 68.4 Å². The number of aromatic nitrogens is 2. The highest BCUT2D eigenvalue weighted by atomic mass is 16.2. The first-order chi connectivity index (χ1) is 15.5. The molecular weight excluding hydrogens is 400 g/mol. The van der Waals surface area contributed by atoms with Crippen LogP contribution < -0.4 is 20.9 Å². The summed E-state index contributed by atoms with van der Waals surface area (Å²) in [6, 6.07) is 16.1.